The Morgan fingerprint density at radius 3 is 2.85 bits per heavy atom. The van der Waals surface area contributed by atoms with E-state index in [9.17, 15) is 4.79 Å². The number of nitrogens with zero attached hydrogens (tertiary/aromatic N) is 3. The number of carbonyl (C=O) groups excluding carboxylic acids is 1. The van der Waals surface area contributed by atoms with Gasteiger partial charge in [0.1, 0.15) is 11.5 Å². The van der Waals surface area contributed by atoms with Crippen LogP contribution in [0.1, 0.15) is 47.9 Å². The second-order valence-corrected chi connectivity index (χ2v) is 9.45. The van der Waals surface area contributed by atoms with Crippen LogP contribution in [0.15, 0.2) is 67.1 Å². The number of hydrogen-bond acceptors (Lipinski definition) is 4. The lowest BCUT2D eigenvalue weighted by atomic mass is 10.1. The molecule has 6 nitrogen and oxygen atoms in total. The van der Waals surface area contributed by atoms with Crippen LogP contribution in [0.2, 0.25) is 5.02 Å². The Bertz CT molecular complexity index is 1350. The summed E-state index contributed by atoms with van der Waals surface area (Å²) >= 11 is 6.09. The standard InChI is InChI=1S/C26H24ClN5O/c27-19-3-1-2-17(10-19)22-12-23(22)26(33)31-24-11-20(8-9-28-24)29-13-21-15-32-14-18(16-4-5-16)6-7-25(32)30-21/h1-3,6-11,14-16,22-23H,4-5,12-13H2,(H2,28,29,31,33)/t22?,23-/m1/s1. The molecule has 1 aromatic carbocycles. The summed E-state index contributed by atoms with van der Waals surface area (Å²) in [4.78, 5) is 21.7. The van der Waals surface area contributed by atoms with Crippen molar-refractivity contribution in [1.29, 1.82) is 0 Å². The average Bonchev–Trinajstić information content (AvgIpc) is 3.74. The van der Waals surface area contributed by atoms with Gasteiger partial charge in [0.15, 0.2) is 0 Å². The summed E-state index contributed by atoms with van der Waals surface area (Å²) in [5, 5.41) is 7.05. The van der Waals surface area contributed by atoms with Crippen molar-refractivity contribution in [3.8, 4) is 0 Å². The largest absolute Gasteiger partial charge is 0.379 e. The number of hydrogen-bond donors (Lipinski definition) is 2. The maximum Gasteiger partial charge on any atom is 0.229 e. The van der Waals surface area contributed by atoms with Gasteiger partial charge in [-0.25, -0.2) is 9.97 Å². The summed E-state index contributed by atoms with van der Waals surface area (Å²) in [5.41, 5.74) is 5.31. The number of benzene rings is 1. The normalized spacial score (nSPS) is 19.4. The Hall–Kier alpha value is -3.38. The minimum atomic E-state index is -0.0413. The Balaban J connectivity index is 1.08. The molecule has 0 bridgehead atoms. The number of imidazole rings is 1. The number of halogens is 1. The summed E-state index contributed by atoms with van der Waals surface area (Å²) in [5.74, 6) is 1.45. The first-order chi connectivity index (χ1) is 16.1. The second kappa shape index (κ2) is 8.19. The summed E-state index contributed by atoms with van der Waals surface area (Å²) in [7, 11) is 0. The number of fused-ring (bicyclic) bond motifs is 1. The molecule has 2 atom stereocenters. The van der Waals surface area contributed by atoms with E-state index in [2.05, 4.69) is 44.5 Å². The lowest BCUT2D eigenvalue weighted by Gasteiger charge is -2.08. The van der Waals surface area contributed by atoms with Gasteiger partial charge in [-0.3, -0.25) is 4.79 Å². The fourth-order valence-corrected chi connectivity index (χ4v) is 4.61. The third-order valence-electron chi connectivity index (χ3n) is 6.46. The fourth-order valence-electron chi connectivity index (χ4n) is 4.42. The molecule has 2 fully saturated rings. The van der Waals surface area contributed by atoms with Gasteiger partial charge in [0.25, 0.3) is 0 Å². The zero-order chi connectivity index (χ0) is 22.4. The van der Waals surface area contributed by atoms with Crippen LogP contribution in [0.4, 0.5) is 11.5 Å². The summed E-state index contributed by atoms with van der Waals surface area (Å²) in [6.45, 7) is 0.595. The first-order valence-corrected chi connectivity index (χ1v) is 11.7. The Labute approximate surface area is 197 Å². The van der Waals surface area contributed by atoms with E-state index in [-0.39, 0.29) is 17.7 Å². The molecule has 0 radical (unpaired) electrons. The first-order valence-electron chi connectivity index (χ1n) is 11.4. The van der Waals surface area contributed by atoms with Gasteiger partial charge >= 0.3 is 0 Å². The van der Waals surface area contributed by atoms with Gasteiger partial charge in [0.05, 0.1) is 12.2 Å². The van der Waals surface area contributed by atoms with Gasteiger partial charge in [-0.2, -0.15) is 0 Å². The van der Waals surface area contributed by atoms with Crippen molar-refractivity contribution >= 4 is 34.7 Å². The van der Waals surface area contributed by atoms with Gasteiger partial charge in [0, 0.05) is 41.3 Å². The summed E-state index contributed by atoms with van der Waals surface area (Å²) in [6, 6.07) is 15.8. The lowest BCUT2D eigenvalue weighted by molar-refractivity contribution is -0.117. The molecule has 33 heavy (non-hydrogen) atoms. The van der Waals surface area contributed by atoms with Crippen molar-refractivity contribution in [2.24, 2.45) is 5.92 Å². The van der Waals surface area contributed by atoms with E-state index >= 15 is 0 Å². The number of pyridine rings is 2. The molecule has 7 heteroatoms. The number of carbonyl (C=O) groups is 1. The highest BCUT2D eigenvalue weighted by Gasteiger charge is 2.44. The van der Waals surface area contributed by atoms with Crippen LogP contribution in [0, 0.1) is 5.92 Å². The molecule has 166 valence electrons. The molecule has 2 saturated carbocycles. The molecule has 6 rings (SSSR count). The maximum atomic E-state index is 12.7. The molecule has 3 heterocycles. The van der Waals surface area contributed by atoms with Crippen LogP contribution in [-0.4, -0.2) is 20.3 Å². The van der Waals surface area contributed by atoms with E-state index < -0.39 is 0 Å². The molecule has 0 saturated heterocycles. The van der Waals surface area contributed by atoms with E-state index in [0.717, 1.165) is 34.9 Å². The second-order valence-electron chi connectivity index (χ2n) is 9.01. The lowest BCUT2D eigenvalue weighted by Crippen LogP contribution is -2.15. The van der Waals surface area contributed by atoms with Crippen LogP contribution in [-0.2, 0) is 11.3 Å². The highest BCUT2D eigenvalue weighted by Crippen LogP contribution is 2.48. The van der Waals surface area contributed by atoms with Crippen molar-refractivity contribution in [2.45, 2.75) is 37.6 Å². The average molecular weight is 458 g/mol. The minimum Gasteiger partial charge on any atom is -0.379 e. The number of anilines is 2. The number of nitrogens with one attached hydrogen (secondary N) is 2. The Morgan fingerprint density at radius 1 is 1.09 bits per heavy atom. The molecule has 2 aliphatic carbocycles. The van der Waals surface area contributed by atoms with E-state index in [4.69, 9.17) is 16.6 Å². The van der Waals surface area contributed by atoms with Crippen molar-refractivity contribution in [2.75, 3.05) is 10.6 Å². The smallest absolute Gasteiger partial charge is 0.229 e. The third-order valence-corrected chi connectivity index (χ3v) is 6.70. The van der Waals surface area contributed by atoms with Gasteiger partial charge in [-0.15, -0.1) is 0 Å². The highest BCUT2D eigenvalue weighted by atomic mass is 35.5. The van der Waals surface area contributed by atoms with Crippen LogP contribution >= 0.6 is 11.6 Å². The maximum absolute atomic E-state index is 12.7. The monoisotopic (exact) mass is 457 g/mol. The van der Waals surface area contributed by atoms with E-state index in [0.29, 0.717) is 17.4 Å². The summed E-state index contributed by atoms with van der Waals surface area (Å²) < 4.78 is 2.11. The van der Waals surface area contributed by atoms with E-state index in [1.54, 1.807) is 6.20 Å². The van der Waals surface area contributed by atoms with Crippen molar-refractivity contribution in [1.82, 2.24) is 14.4 Å². The SMILES string of the molecule is O=C(Nc1cc(NCc2cn3cc(C4CC4)ccc3n2)ccn1)[C@@H]1CC1c1cccc(Cl)c1. The number of aromatic nitrogens is 3. The van der Waals surface area contributed by atoms with Gasteiger partial charge in [-0.05, 0) is 66.5 Å². The minimum absolute atomic E-state index is 0.00329. The molecule has 4 aromatic rings. The molecule has 0 aliphatic heterocycles. The fraction of sp³-hybridized carbons (Fsp3) is 0.269. The molecular formula is C26H24ClN5O. The molecular weight excluding hydrogens is 434 g/mol. The number of amides is 1. The van der Waals surface area contributed by atoms with Crippen molar-refractivity contribution < 1.29 is 4.79 Å². The van der Waals surface area contributed by atoms with Crippen molar-refractivity contribution in [3.05, 3.63) is 89.0 Å². The molecule has 1 unspecified atom stereocenters. The van der Waals surface area contributed by atoms with Crippen LogP contribution in [0.5, 0.6) is 0 Å². The Kier molecular flexibility index (Phi) is 5.03. The quantitative estimate of drug-likeness (QED) is 0.378. The third kappa shape index (κ3) is 4.44. The molecule has 3 aromatic heterocycles. The molecule has 1 amide bonds. The molecule has 2 N–H and O–H groups in total. The zero-order valence-electron chi connectivity index (χ0n) is 18.0. The van der Waals surface area contributed by atoms with Gasteiger partial charge in [0.2, 0.25) is 5.91 Å². The molecule has 0 spiro atoms. The predicted octanol–water partition coefficient (Wildman–Crippen LogP) is 5.61. The van der Waals surface area contributed by atoms with E-state index in [1.807, 2.05) is 36.4 Å². The predicted molar refractivity (Wildman–Crippen MR) is 130 cm³/mol. The topological polar surface area (TPSA) is 71.3 Å². The summed E-state index contributed by atoms with van der Waals surface area (Å²) in [6.07, 6.45) is 9.37. The van der Waals surface area contributed by atoms with Gasteiger partial charge < -0.3 is 15.0 Å². The van der Waals surface area contributed by atoms with Crippen LogP contribution in [0.3, 0.4) is 0 Å². The molecule has 2 aliphatic rings. The highest BCUT2D eigenvalue weighted by molar-refractivity contribution is 6.30. The van der Waals surface area contributed by atoms with Gasteiger partial charge in [-0.1, -0.05) is 29.8 Å². The zero-order valence-corrected chi connectivity index (χ0v) is 18.8. The number of rotatable bonds is 7. The van der Waals surface area contributed by atoms with E-state index in [1.165, 1.54) is 18.4 Å². The van der Waals surface area contributed by atoms with Crippen LogP contribution in [0.25, 0.3) is 5.65 Å². The van der Waals surface area contributed by atoms with Crippen molar-refractivity contribution in [3.63, 3.8) is 0 Å². The first kappa shape index (κ1) is 20.2. The Morgan fingerprint density at radius 2 is 2.00 bits per heavy atom. The van der Waals surface area contributed by atoms with Crippen LogP contribution < -0.4 is 10.6 Å².